The summed E-state index contributed by atoms with van der Waals surface area (Å²) in [6.45, 7) is 1.05. The third-order valence-electron chi connectivity index (χ3n) is 5.26. The first-order chi connectivity index (χ1) is 16.7. The molecular weight excluding hydrogens is 486 g/mol. The molecule has 0 aliphatic carbocycles. The molecule has 4 N–H and O–H groups in total. The highest BCUT2D eigenvalue weighted by molar-refractivity contribution is 7.52. The van der Waals surface area contributed by atoms with Gasteiger partial charge in [0.1, 0.15) is 41.8 Å². The maximum absolute atomic E-state index is 13.4. The van der Waals surface area contributed by atoms with E-state index in [0.717, 1.165) is 12.1 Å². The van der Waals surface area contributed by atoms with Crippen molar-refractivity contribution in [1.29, 1.82) is 0 Å². The van der Waals surface area contributed by atoms with Crippen LogP contribution >= 0.6 is 7.75 Å². The Morgan fingerprint density at radius 3 is 2.83 bits per heavy atom. The fraction of sp³-hybridized carbons (Fsp3) is 0.400. The van der Waals surface area contributed by atoms with Gasteiger partial charge in [-0.3, -0.25) is 13.9 Å². The van der Waals surface area contributed by atoms with E-state index in [2.05, 4.69) is 24.8 Å². The number of rotatable bonds is 9. The van der Waals surface area contributed by atoms with Crippen molar-refractivity contribution in [1.82, 2.24) is 24.6 Å². The Hall–Kier alpha value is -3.16. The number of halogens is 1. The van der Waals surface area contributed by atoms with Crippen LogP contribution in [-0.2, 0) is 23.4 Å². The van der Waals surface area contributed by atoms with Crippen LogP contribution < -0.4 is 15.3 Å². The van der Waals surface area contributed by atoms with E-state index in [1.165, 1.54) is 38.8 Å². The van der Waals surface area contributed by atoms with Crippen molar-refractivity contribution in [3.63, 3.8) is 0 Å². The van der Waals surface area contributed by atoms with E-state index in [1.54, 1.807) is 4.57 Å². The Labute approximate surface area is 199 Å². The van der Waals surface area contributed by atoms with Crippen molar-refractivity contribution in [2.75, 3.05) is 19.5 Å². The summed E-state index contributed by atoms with van der Waals surface area (Å²) in [6, 6.07) is 3.68. The number of carbonyl (C=O) groups excluding carboxylic acids is 1. The molecule has 35 heavy (non-hydrogen) atoms. The molecule has 1 aliphatic heterocycles. The molecule has 0 bridgehead atoms. The second-order valence-corrected chi connectivity index (χ2v) is 9.42. The lowest BCUT2D eigenvalue weighted by Gasteiger charge is -2.24. The summed E-state index contributed by atoms with van der Waals surface area (Å²) in [4.78, 5) is 24.1. The molecule has 13 nitrogen and oxygen atoms in total. The van der Waals surface area contributed by atoms with Crippen molar-refractivity contribution in [2.24, 2.45) is 0 Å². The number of imidazole rings is 1. The first kappa shape index (κ1) is 24.9. The van der Waals surface area contributed by atoms with Crippen LogP contribution in [0, 0.1) is 5.82 Å². The molecule has 1 saturated heterocycles. The van der Waals surface area contributed by atoms with Gasteiger partial charge in [0, 0.05) is 6.42 Å². The van der Waals surface area contributed by atoms with Crippen molar-refractivity contribution < 1.29 is 37.4 Å². The van der Waals surface area contributed by atoms with Gasteiger partial charge in [-0.25, -0.2) is 23.9 Å². The standard InChI is InChI=1S/C20H24FN6O7P/c1-11(20(29)31-2)26-35(30,34-13-5-3-12(21)4-6-13)32-8-15-14(28)7-16(33-15)27-10-25-17-18(22)23-9-24-19(17)27/h3-6,9-11,14-16,28H,7-8H2,1-2H3,(H,26,30)(H2,22,23,24)/t11-,14?,15+,16+,35?/m0/s1. The predicted octanol–water partition coefficient (Wildman–Crippen LogP) is 1.55. The minimum atomic E-state index is -4.20. The van der Waals surface area contributed by atoms with Gasteiger partial charge >= 0.3 is 13.7 Å². The van der Waals surface area contributed by atoms with E-state index >= 15 is 0 Å². The number of fused-ring (bicyclic) bond motifs is 1. The monoisotopic (exact) mass is 510 g/mol. The number of nitrogens with one attached hydrogen (secondary N) is 1. The lowest BCUT2D eigenvalue weighted by atomic mass is 10.2. The number of aliphatic hydroxyl groups is 1. The molecule has 0 radical (unpaired) electrons. The number of anilines is 1. The Morgan fingerprint density at radius 2 is 2.11 bits per heavy atom. The molecule has 0 spiro atoms. The maximum Gasteiger partial charge on any atom is 0.459 e. The lowest BCUT2D eigenvalue weighted by molar-refractivity contribution is -0.142. The highest BCUT2D eigenvalue weighted by atomic mass is 31.2. The second kappa shape index (κ2) is 10.2. The third-order valence-corrected chi connectivity index (χ3v) is 6.90. The predicted molar refractivity (Wildman–Crippen MR) is 119 cm³/mol. The van der Waals surface area contributed by atoms with Gasteiger partial charge in [-0.05, 0) is 31.2 Å². The van der Waals surface area contributed by atoms with E-state index in [4.69, 9.17) is 19.5 Å². The minimum Gasteiger partial charge on any atom is -0.468 e. The normalized spacial score (nSPS) is 22.6. The quantitative estimate of drug-likeness (QED) is 0.280. The van der Waals surface area contributed by atoms with Gasteiger partial charge in [0.05, 0.1) is 26.1 Å². The zero-order chi connectivity index (χ0) is 25.2. The van der Waals surface area contributed by atoms with Crippen molar-refractivity contribution in [3.8, 4) is 5.75 Å². The molecular formula is C20H24FN6O7P. The molecule has 2 unspecified atom stereocenters. The maximum atomic E-state index is 13.4. The van der Waals surface area contributed by atoms with Crippen LogP contribution in [0.15, 0.2) is 36.9 Å². The number of nitrogens with zero attached hydrogens (tertiary/aromatic N) is 4. The molecule has 4 rings (SSSR count). The number of aromatic nitrogens is 4. The molecule has 0 amide bonds. The topological polar surface area (TPSA) is 173 Å². The SMILES string of the molecule is COC(=O)[C@H](C)NP(=O)(OC[C@H]1O[C@@H](n2cnc3c(N)ncnc32)CC1O)Oc1ccc(F)cc1. The second-order valence-electron chi connectivity index (χ2n) is 7.73. The molecule has 15 heteroatoms. The minimum absolute atomic E-state index is 0.0345. The van der Waals surface area contributed by atoms with E-state index < -0.39 is 44.0 Å². The zero-order valence-electron chi connectivity index (χ0n) is 18.8. The fourth-order valence-corrected chi connectivity index (χ4v) is 4.98. The number of aliphatic hydroxyl groups excluding tert-OH is 1. The lowest BCUT2D eigenvalue weighted by Crippen LogP contribution is -2.36. The number of benzene rings is 1. The number of methoxy groups -OCH3 is 1. The first-order valence-electron chi connectivity index (χ1n) is 10.5. The smallest absolute Gasteiger partial charge is 0.459 e. The Kier molecular flexibility index (Phi) is 7.28. The molecule has 1 aromatic carbocycles. The summed E-state index contributed by atoms with van der Waals surface area (Å²) in [5.74, 6) is -0.984. The first-order valence-corrected chi connectivity index (χ1v) is 12.1. The summed E-state index contributed by atoms with van der Waals surface area (Å²) in [5.41, 5.74) is 6.64. The molecule has 5 atom stereocenters. The average molecular weight is 510 g/mol. The summed E-state index contributed by atoms with van der Waals surface area (Å²) in [6.07, 6.45) is 0.374. The van der Waals surface area contributed by atoms with Crippen molar-refractivity contribution in [3.05, 3.63) is 42.7 Å². The van der Waals surface area contributed by atoms with Crippen LogP contribution in [-0.4, -0.2) is 62.6 Å². The third kappa shape index (κ3) is 5.57. The number of carbonyl (C=O) groups is 1. The van der Waals surface area contributed by atoms with Crippen LogP contribution in [0.5, 0.6) is 5.75 Å². The van der Waals surface area contributed by atoms with E-state index in [1.807, 2.05) is 0 Å². The van der Waals surface area contributed by atoms with Gasteiger partial charge < -0.3 is 24.8 Å². The van der Waals surface area contributed by atoms with Crippen LogP contribution in [0.1, 0.15) is 19.6 Å². The molecule has 1 fully saturated rings. The highest BCUT2D eigenvalue weighted by Crippen LogP contribution is 2.46. The number of nitrogen functional groups attached to an aromatic ring is 1. The summed E-state index contributed by atoms with van der Waals surface area (Å²) >= 11 is 0. The average Bonchev–Trinajstić information content (AvgIpc) is 3.42. The van der Waals surface area contributed by atoms with Crippen LogP contribution in [0.3, 0.4) is 0 Å². The number of hydrogen-bond donors (Lipinski definition) is 3. The molecule has 188 valence electrons. The molecule has 3 aromatic rings. The van der Waals surface area contributed by atoms with Gasteiger partial charge in [-0.1, -0.05) is 0 Å². The van der Waals surface area contributed by atoms with Crippen LogP contribution in [0.25, 0.3) is 11.2 Å². The number of ether oxygens (including phenoxy) is 2. The Balaban J connectivity index is 1.48. The number of esters is 1. The molecule has 3 heterocycles. The van der Waals surface area contributed by atoms with Crippen molar-refractivity contribution >= 4 is 30.7 Å². The van der Waals surface area contributed by atoms with E-state index in [-0.39, 0.29) is 24.6 Å². The number of hydrogen-bond acceptors (Lipinski definition) is 11. The van der Waals surface area contributed by atoms with E-state index in [9.17, 15) is 18.9 Å². The molecule has 1 aliphatic rings. The highest BCUT2D eigenvalue weighted by Gasteiger charge is 2.39. The van der Waals surface area contributed by atoms with Crippen LogP contribution in [0.4, 0.5) is 10.2 Å². The largest absolute Gasteiger partial charge is 0.468 e. The van der Waals surface area contributed by atoms with E-state index in [0.29, 0.717) is 11.2 Å². The van der Waals surface area contributed by atoms with Gasteiger partial charge in [0.2, 0.25) is 0 Å². The van der Waals surface area contributed by atoms with Gasteiger partial charge in [0.25, 0.3) is 0 Å². The fourth-order valence-electron chi connectivity index (χ4n) is 3.48. The molecule has 0 saturated carbocycles. The van der Waals surface area contributed by atoms with Crippen molar-refractivity contribution in [2.45, 2.75) is 37.8 Å². The Bertz CT molecular complexity index is 1240. The van der Waals surface area contributed by atoms with Gasteiger partial charge in [-0.15, -0.1) is 0 Å². The summed E-state index contributed by atoms with van der Waals surface area (Å²) in [5, 5.41) is 13.0. The number of nitrogens with two attached hydrogens (primary N) is 1. The summed E-state index contributed by atoms with van der Waals surface area (Å²) < 4.78 is 49.8. The van der Waals surface area contributed by atoms with Crippen LogP contribution in [0.2, 0.25) is 0 Å². The summed E-state index contributed by atoms with van der Waals surface area (Å²) in [7, 11) is -3.03. The zero-order valence-corrected chi connectivity index (χ0v) is 19.7. The van der Waals surface area contributed by atoms with Gasteiger partial charge in [0.15, 0.2) is 11.5 Å². The Morgan fingerprint density at radius 1 is 1.37 bits per heavy atom. The van der Waals surface area contributed by atoms with Gasteiger partial charge in [-0.2, -0.15) is 5.09 Å². The molecule has 2 aromatic heterocycles.